The van der Waals surface area contributed by atoms with Gasteiger partial charge in [-0.1, -0.05) is 0 Å². The zero-order valence-electron chi connectivity index (χ0n) is 10.2. The molecule has 1 aliphatic heterocycles. The summed E-state index contributed by atoms with van der Waals surface area (Å²) in [6.07, 6.45) is 2.09. The molecule has 0 bridgehead atoms. The number of carbonyl (C=O) groups is 1. The highest BCUT2D eigenvalue weighted by Crippen LogP contribution is 2.14. The Labute approximate surface area is 101 Å². The number of hydrogen-bond donors (Lipinski definition) is 1. The van der Waals surface area contributed by atoms with Gasteiger partial charge in [-0.15, -0.1) is 0 Å². The van der Waals surface area contributed by atoms with Crippen molar-refractivity contribution in [3.8, 4) is 0 Å². The molecule has 1 saturated heterocycles. The fraction of sp³-hybridized carbons (Fsp3) is 0.583. The second kappa shape index (κ2) is 5.23. The molecule has 1 aliphatic rings. The predicted molar refractivity (Wildman–Crippen MR) is 62.3 cm³/mol. The molecule has 17 heavy (non-hydrogen) atoms. The fourth-order valence-electron chi connectivity index (χ4n) is 1.80. The highest BCUT2D eigenvalue weighted by atomic mass is 16.5. The van der Waals surface area contributed by atoms with Crippen LogP contribution in [0.3, 0.4) is 0 Å². The Balaban J connectivity index is 1.86. The predicted octanol–water partition coefficient (Wildman–Crippen LogP) is 0.746. The Kier molecular flexibility index (Phi) is 3.68. The van der Waals surface area contributed by atoms with Gasteiger partial charge >= 0.3 is 0 Å². The van der Waals surface area contributed by atoms with Crippen molar-refractivity contribution in [2.75, 3.05) is 13.2 Å². The Hall–Kier alpha value is -1.49. The molecule has 0 spiro atoms. The van der Waals surface area contributed by atoms with Gasteiger partial charge in [0.05, 0.1) is 13.2 Å². The van der Waals surface area contributed by atoms with Crippen molar-refractivity contribution < 1.29 is 9.53 Å². The zero-order valence-corrected chi connectivity index (χ0v) is 10.2. The van der Waals surface area contributed by atoms with Gasteiger partial charge in [0.25, 0.3) is 0 Å². The van der Waals surface area contributed by atoms with E-state index in [0.717, 1.165) is 17.0 Å². The molecule has 0 aliphatic carbocycles. The zero-order chi connectivity index (χ0) is 12.3. The van der Waals surface area contributed by atoms with Crippen LogP contribution in [0.1, 0.15) is 23.4 Å². The van der Waals surface area contributed by atoms with E-state index in [9.17, 15) is 4.79 Å². The van der Waals surface area contributed by atoms with Crippen LogP contribution in [-0.4, -0.2) is 29.1 Å². The normalized spacial score (nSPS) is 15.4. The lowest BCUT2D eigenvalue weighted by Crippen LogP contribution is -2.34. The first-order valence-corrected chi connectivity index (χ1v) is 5.78. The van der Waals surface area contributed by atoms with Crippen LogP contribution in [-0.2, 0) is 16.1 Å². The van der Waals surface area contributed by atoms with Crippen LogP contribution in [0.2, 0.25) is 0 Å². The largest absolute Gasteiger partial charge is 0.381 e. The van der Waals surface area contributed by atoms with E-state index >= 15 is 0 Å². The minimum atomic E-state index is 0.0703. The molecule has 92 valence electrons. The summed E-state index contributed by atoms with van der Waals surface area (Å²) < 4.78 is 5.04. The molecule has 5 heteroatoms. The molecule has 0 unspecified atom stereocenters. The van der Waals surface area contributed by atoms with Crippen molar-refractivity contribution in [3.63, 3.8) is 0 Å². The number of rotatable bonds is 4. The molecule has 0 saturated carbocycles. The van der Waals surface area contributed by atoms with Crippen molar-refractivity contribution in [3.05, 3.63) is 23.3 Å². The van der Waals surface area contributed by atoms with E-state index in [-0.39, 0.29) is 5.91 Å². The lowest BCUT2D eigenvalue weighted by Gasteiger charge is -2.25. The van der Waals surface area contributed by atoms with Crippen LogP contribution in [0, 0.1) is 19.8 Å². The summed E-state index contributed by atoms with van der Waals surface area (Å²) in [6.45, 7) is 5.77. The minimum Gasteiger partial charge on any atom is -0.381 e. The summed E-state index contributed by atoms with van der Waals surface area (Å²) in [5.74, 6) is 0.463. The first kappa shape index (κ1) is 12.0. The fourth-order valence-corrected chi connectivity index (χ4v) is 1.80. The average Bonchev–Trinajstić information content (AvgIpc) is 2.23. The van der Waals surface area contributed by atoms with Gasteiger partial charge in [0, 0.05) is 35.8 Å². The first-order valence-electron chi connectivity index (χ1n) is 5.78. The smallest absolute Gasteiger partial charge is 0.220 e. The molecular weight excluding hydrogens is 218 g/mol. The second-order valence-corrected chi connectivity index (χ2v) is 4.41. The molecule has 2 rings (SSSR count). The maximum atomic E-state index is 11.6. The van der Waals surface area contributed by atoms with Gasteiger partial charge in [-0.05, 0) is 13.8 Å². The van der Waals surface area contributed by atoms with E-state index in [1.165, 1.54) is 0 Å². The SMILES string of the molecule is Cc1ncnc(C)c1CNC(=O)CC1COC1. The van der Waals surface area contributed by atoms with Crippen LogP contribution < -0.4 is 5.32 Å². The lowest BCUT2D eigenvalue weighted by atomic mass is 10.0. The standard InChI is InChI=1S/C12H17N3O2/c1-8-11(9(2)15-7-14-8)4-13-12(16)3-10-5-17-6-10/h7,10H,3-6H2,1-2H3,(H,13,16). The molecule has 0 aromatic carbocycles. The third-order valence-corrected chi connectivity index (χ3v) is 3.02. The minimum absolute atomic E-state index is 0.0703. The van der Waals surface area contributed by atoms with Crippen molar-refractivity contribution in [1.82, 2.24) is 15.3 Å². The third kappa shape index (κ3) is 3.00. The Morgan fingerprint density at radius 3 is 2.59 bits per heavy atom. The van der Waals surface area contributed by atoms with Gasteiger partial charge in [-0.2, -0.15) is 0 Å². The van der Waals surface area contributed by atoms with Crippen LogP contribution >= 0.6 is 0 Å². The molecule has 1 amide bonds. The summed E-state index contributed by atoms with van der Waals surface area (Å²) in [5, 5.41) is 2.91. The molecule has 1 aromatic rings. The summed E-state index contributed by atoms with van der Waals surface area (Å²) in [7, 11) is 0. The number of amides is 1. The molecule has 1 aromatic heterocycles. The molecule has 0 radical (unpaired) electrons. The molecule has 1 fully saturated rings. The maximum Gasteiger partial charge on any atom is 0.220 e. The van der Waals surface area contributed by atoms with E-state index in [2.05, 4.69) is 15.3 Å². The number of aromatic nitrogens is 2. The van der Waals surface area contributed by atoms with Gasteiger partial charge in [0.1, 0.15) is 6.33 Å². The molecular formula is C12H17N3O2. The first-order chi connectivity index (χ1) is 8.16. The summed E-state index contributed by atoms with van der Waals surface area (Å²) in [6, 6.07) is 0. The average molecular weight is 235 g/mol. The van der Waals surface area contributed by atoms with Crippen LogP contribution in [0.5, 0.6) is 0 Å². The van der Waals surface area contributed by atoms with Gasteiger partial charge < -0.3 is 10.1 Å². The molecule has 0 atom stereocenters. The van der Waals surface area contributed by atoms with E-state index in [4.69, 9.17) is 4.74 Å². The van der Waals surface area contributed by atoms with Gasteiger partial charge in [0.15, 0.2) is 0 Å². The Morgan fingerprint density at radius 1 is 1.41 bits per heavy atom. The van der Waals surface area contributed by atoms with E-state index in [1.807, 2.05) is 13.8 Å². The highest BCUT2D eigenvalue weighted by Gasteiger charge is 2.21. The van der Waals surface area contributed by atoms with Crippen molar-refractivity contribution in [1.29, 1.82) is 0 Å². The summed E-state index contributed by atoms with van der Waals surface area (Å²) in [5.41, 5.74) is 2.85. The van der Waals surface area contributed by atoms with Crippen LogP contribution in [0.4, 0.5) is 0 Å². The topological polar surface area (TPSA) is 64.1 Å². The number of carbonyl (C=O) groups excluding carboxylic acids is 1. The lowest BCUT2D eigenvalue weighted by molar-refractivity contribution is -0.126. The van der Waals surface area contributed by atoms with E-state index in [0.29, 0.717) is 32.1 Å². The number of ether oxygens (including phenoxy) is 1. The monoisotopic (exact) mass is 235 g/mol. The van der Waals surface area contributed by atoms with Crippen LogP contribution in [0.25, 0.3) is 0 Å². The number of aryl methyl sites for hydroxylation is 2. The Morgan fingerprint density at radius 2 is 2.06 bits per heavy atom. The molecule has 5 nitrogen and oxygen atoms in total. The number of nitrogens with one attached hydrogen (secondary N) is 1. The van der Waals surface area contributed by atoms with Crippen molar-refractivity contribution >= 4 is 5.91 Å². The van der Waals surface area contributed by atoms with Crippen LogP contribution in [0.15, 0.2) is 6.33 Å². The van der Waals surface area contributed by atoms with Crippen molar-refractivity contribution in [2.24, 2.45) is 5.92 Å². The van der Waals surface area contributed by atoms with Crippen molar-refractivity contribution in [2.45, 2.75) is 26.8 Å². The highest BCUT2D eigenvalue weighted by molar-refractivity contribution is 5.76. The third-order valence-electron chi connectivity index (χ3n) is 3.02. The van der Waals surface area contributed by atoms with E-state index in [1.54, 1.807) is 6.33 Å². The number of nitrogens with zero attached hydrogens (tertiary/aromatic N) is 2. The van der Waals surface area contributed by atoms with E-state index < -0.39 is 0 Å². The van der Waals surface area contributed by atoms with Gasteiger partial charge in [0.2, 0.25) is 5.91 Å². The summed E-state index contributed by atoms with van der Waals surface area (Å²) >= 11 is 0. The molecule has 1 N–H and O–H groups in total. The van der Waals surface area contributed by atoms with Gasteiger partial charge in [-0.3, -0.25) is 4.79 Å². The van der Waals surface area contributed by atoms with Gasteiger partial charge in [-0.25, -0.2) is 9.97 Å². The maximum absolute atomic E-state index is 11.6. The quantitative estimate of drug-likeness (QED) is 0.836. The second-order valence-electron chi connectivity index (χ2n) is 4.41. The summed E-state index contributed by atoms with van der Waals surface area (Å²) in [4.78, 5) is 19.9. The number of hydrogen-bond acceptors (Lipinski definition) is 4. The molecule has 2 heterocycles. The Bertz CT molecular complexity index is 396.